The zero-order valence-electron chi connectivity index (χ0n) is 17.1. The first-order valence-corrected chi connectivity index (χ1v) is 11.7. The highest BCUT2D eigenvalue weighted by Crippen LogP contribution is 2.41. The highest BCUT2D eigenvalue weighted by Gasteiger charge is 2.32. The van der Waals surface area contributed by atoms with Crippen LogP contribution in [0.15, 0.2) is 70.5 Å². The van der Waals surface area contributed by atoms with Crippen LogP contribution in [-0.2, 0) is 0 Å². The van der Waals surface area contributed by atoms with E-state index in [0.717, 1.165) is 23.0 Å². The molecule has 0 fully saturated rings. The Bertz CT molecular complexity index is 1230. The van der Waals surface area contributed by atoms with Gasteiger partial charge in [0.25, 0.3) is 0 Å². The number of hydrogen-bond acceptors (Lipinski definition) is 7. The van der Waals surface area contributed by atoms with E-state index in [4.69, 9.17) is 14.8 Å². The average molecular weight is 448 g/mol. The molecule has 7 heteroatoms. The van der Waals surface area contributed by atoms with Crippen molar-refractivity contribution < 1.29 is 9.84 Å². The van der Waals surface area contributed by atoms with Gasteiger partial charge in [-0.05, 0) is 36.1 Å². The van der Waals surface area contributed by atoms with E-state index in [9.17, 15) is 5.11 Å². The first-order chi connectivity index (χ1) is 15.1. The summed E-state index contributed by atoms with van der Waals surface area (Å²) >= 11 is 3.24. The lowest BCUT2D eigenvalue weighted by Gasteiger charge is -2.21. The van der Waals surface area contributed by atoms with Gasteiger partial charge in [0.15, 0.2) is 0 Å². The minimum atomic E-state index is 0.0844. The number of phenols is 1. The van der Waals surface area contributed by atoms with Crippen LogP contribution < -0.4 is 9.75 Å². The van der Waals surface area contributed by atoms with E-state index >= 15 is 0 Å². The number of anilines is 1. The van der Waals surface area contributed by atoms with Crippen LogP contribution in [0.25, 0.3) is 11.3 Å². The number of ether oxygens (including phenoxy) is 1. The molecule has 0 spiro atoms. The Morgan fingerprint density at radius 1 is 1.10 bits per heavy atom. The SMILES string of the molecule is COc1ccc(-c2csc(N3N=C(c4cccs4)CC3c3ccc(C)cc3)n2)c(O)c1. The molecule has 0 saturated heterocycles. The lowest BCUT2D eigenvalue weighted by molar-refractivity contribution is 0.408. The molecule has 156 valence electrons. The minimum absolute atomic E-state index is 0.0844. The normalized spacial score (nSPS) is 15.9. The number of rotatable bonds is 5. The van der Waals surface area contributed by atoms with Crippen LogP contribution in [0.2, 0.25) is 0 Å². The van der Waals surface area contributed by atoms with Crippen molar-refractivity contribution >= 4 is 33.5 Å². The van der Waals surface area contributed by atoms with E-state index in [1.807, 2.05) is 22.5 Å². The minimum Gasteiger partial charge on any atom is -0.507 e. The standard InChI is InChI=1S/C24H21N3O2S2/c1-15-5-7-16(8-6-15)21-13-19(23-4-3-11-30-23)26-27(21)24-25-20(14-31-24)18-10-9-17(29-2)12-22(18)28/h3-12,14,21,28H,13H2,1-2H3. The molecule has 0 aliphatic carbocycles. The van der Waals surface area contributed by atoms with E-state index in [1.165, 1.54) is 27.3 Å². The number of phenolic OH excluding ortho intramolecular Hbond substituents is 1. The zero-order chi connectivity index (χ0) is 21.4. The summed E-state index contributed by atoms with van der Waals surface area (Å²) in [6, 6.07) is 18.1. The molecule has 0 bridgehead atoms. The number of hydrazone groups is 1. The van der Waals surface area contributed by atoms with Crippen molar-refractivity contribution in [2.75, 3.05) is 12.1 Å². The summed E-state index contributed by atoms with van der Waals surface area (Å²) < 4.78 is 5.19. The Hall–Kier alpha value is -3.16. The van der Waals surface area contributed by atoms with Crippen LogP contribution >= 0.6 is 22.7 Å². The second kappa shape index (κ2) is 8.17. The van der Waals surface area contributed by atoms with Crippen LogP contribution in [0.3, 0.4) is 0 Å². The number of aromatic hydroxyl groups is 1. The molecule has 1 N–H and O–H groups in total. The summed E-state index contributed by atoms with van der Waals surface area (Å²) in [7, 11) is 1.58. The molecule has 1 atom stereocenters. The van der Waals surface area contributed by atoms with Gasteiger partial charge < -0.3 is 9.84 Å². The molecule has 1 aliphatic rings. The van der Waals surface area contributed by atoms with Gasteiger partial charge in [-0.2, -0.15) is 5.10 Å². The van der Waals surface area contributed by atoms with Gasteiger partial charge in [-0.1, -0.05) is 35.9 Å². The topological polar surface area (TPSA) is 58.0 Å². The van der Waals surface area contributed by atoms with Gasteiger partial charge in [-0.15, -0.1) is 22.7 Å². The second-order valence-electron chi connectivity index (χ2n) is 7.40. The smallest absolute Gasteiger partial charge is 0.207 e. The quantitative estimate of drug-likeness (QED) is 0.393. The van der Waals surface area contributed by atoms with Gasteiger partial charge in [0.2, 0.25) is 5.13 Å². The van der Waals surface area contributed by atoms with Crippen molar-refractivity contribution in [3.05, 3.63) is 81.4 Å². The number of aromatic nitrogens is 1. The van der Waals surface area contributed by atoms with Crippen molar-refractivity contribution in [2.24, 2.45) is 5.10 Å². The summed E-state index contributed by atoms with van der Waals surface area (Å²) in [6.07, 6.45) is 0.826. The number of thiophene rings is 1. The number of hydrogen-bond donors (Lipinski definition) is 1. The molecule has 5 rings (SSSR count). The zero-order valence-corrected chi connectivity index (χ0v) is 18.8. The lowest BCUT2D eigenvalue weighted by atomic mass is 10.0. The first kappa shape index (κ1) is 19.8. The van der Waals surface area contributed by atoms with Crippen molar-refractivity contribution in [3.8, 4) is 22.8 Å². The van der Waals surface area contributed by atoms with Crippen molar-refractivity contribution in [3.63, 3.8) is 0 Å². The van der Waals surface area contributed by atoms with E-state index in [2.05, 4.69) is 48.7 Å². The largest absolute Gasteiger partial charge is 0.507 e. The van der Waals surface area contributed by atoms with Gasteiger partial charge in [0, 0.05) is 23.4 Å². The number of benzene rings is 2. The van der Waals surface area contributed by atoms with Crippen LogP contribution in [-0.4, -0.2) is 22.9 Å². The molecule has 1 aliphatic heterocycles. The van der Waals surface area contributed by atoms with Crippen LogP contribution in [0, 0.1) is 6.92 Å². The van der Waals surface area contributed by atoms with E-state index < -0.39 is 0 Å². The van der Waals surface area contributed by atoms with Gasteiger partial charge >= 0.3 is 0 Å². The monoisotopic (exact) mass is 447 g/mol. The van der Waals surface area contributed by atoms with Crippen molar-refractivity contribution in [1.82, 2.24) is 4.98 Å². The fourth-order valence-corrected chi connectivity index (χ4v) is 5.22. The maximum atomic E-state index is 10.4. The summed E-state index contributed by atoms with van der Waals surface area (Å²) in [4.78, 5) is 6.01. The molecule has 0 amide bonds. The second-order valence-corrected chi connectivity index (χ2v) is 9.18. The molecule has 2 aromatic heterocycles. The maximum absolute atomic E-state index is 10.4. The molecule has 0 radical (unpaired) electrons. The third-order valence-corrected chi connectivity index (χ3v) is 7.10. The molecule has 5 nitrogen and oxygen atoms in total. The molecule has 4 aromatic rings. The lowest BCUT2D eigenvalue weighted by Crippen LogP contribution is -2.18. The molecule has 3 heterocycles. The van der Waals surface area contributed by atoms with Crippen molar-refractivity contribution in [2.45, 2.75) is 19.4 Å². The Morgan fingerprint density at radius 3 is 2.65 bits per heavy atom. The molecule has 0 saturated carbocycles. The third-order valence-electron chi connectivity index (χ3n) is 5.35. The highest BCUT2D eigenvalue weighted by atomic mass is 32.1. The predicted molar refractivity (Wildman–Crippen MR) is 128 cm³/mol. The number of thiazole rings is 1. The van der Waals surface area contributed by atoms with Crippen LogP contribution in [0.5, 0.6) is 11.5 Å². The summed E-state index contributed by atoms with van der Waals surface area (Å²) in [5, 5.41) is 22.3. The number of methoxy groups -OCH3 is 1. The van der Waals surface area contributed by atoms with Gasteiger partial charge in [0.1, 0.15) is 11.5 Å². The Labute approximate surface area is 188 Å². The van der Waals surface area contributed by atoms with Gasteiger partial charge in [-0.3, -0.25) is 0 Å². The summed E-state index contributed by atoms with van der Waals surface area (Å²) in [5.41, 5.74) is 4.92. The highest BCUT2D eigenvalue weighted by molar-refractivity contribution is 7.14. The molecule has 31 heavy (non-hydrogen) atoms. The summed E-state index contributed by atoms with van der Waals surface area (Å²) in [5.74, 6) is 0.761. The summed E-state index contributed by atoms with van der Waals surface area (Å²) in [6.45, 7) is 2.10. The van der Waals surface area contributed by atoms with Gasteiger partial charge in [-0.25, -0.2) is 9.99 Å². The maximum Gasteiger partial charge on any atom is 0.207 e. The number of aryl methyl sites for hydroxylation is 1. The molecular formula is C24H21N3O2S2. The Kier molecular flexibility index (Phi) is 5.21. The average Bonchev–Trinajstić information content (AvgIpc) is 3.53. The first-order valence-electron chi connectivity index (χ1n) is 9.92. The van der Waals surface area contributed by atoms with E-state index in [1.54, 1.807) is 24.5 Å². The molecular weight excluding hydrogens is 426 g/mol. The predicted octanol–water partition coefficient (Wildman–Crippen LogP) is 6.25. The Morgan fingerprint density at radius 2 is 1.94 bits per heavy atom. The third kappa shape index (κ3) is 3.82. The van der Waals surface area contributed by atoms with Crippen molar-refractivity contribution in [1.29, 1.82) is 0 Å². The van der Waals surface area contributed by atoms with E-state index in [-0.39, 0.29) is 11.8 Å². The fraction of sp³-hybridized carbons (Fsp3) is 0.167. The fourth-order valence-electron chi connectivity index (χ4n) is 3.67. The van der Waals surface area contributed by atoms with Crippen LogP contribution in [0.4, 0.5) is 5.13 Å². The number of nitrogens with zero attached hydrogens (tertiary/aromatic N) is 3. The van der Waals surface area contributed by atoms with Gasteiger partial charge in [0.05, 0.1) is 29.4 Å². The Balaban J connectivity index is 1.52. The molecule has 1 unspecified atom stereocenters. The molecule has 2 aromatic carbocycles. The van der Waals surface area contributed by atoms with E-state index in [0.29, 0.717) is 11.3 Å². The van der Waals surface area contributed by atoms with Crippen LogP contribution in [0.1, 0.15) is 28.5 Å².